The Bertz CT molecular complexity index is 824. The van der Waals surface area contributed by atoms with Crippen LogP contribution in [0.2, 0.25) is 5.02 Å². The maximum atomic E-state index is 12.3. The summed E-state index contributed by atoms with van der Waals surface area (Å²) in [5.41, 5.74) is 0.711. The number of nitro groups is 1. The molecule has 1 aromatic heterocycles. The summed E-state index contributed by atoms with van der Waals surface area (Å²) in [6.07, 6.45) is 5.16. The number of nitrogens with one attached hydrogen (secondary N) is 1. The molecule has 1 aliphatic rings. The minimum absolute atomic E-state index is 0.0355. The Morgan fingerprint density at radius 1 is 1.27 bits per heavy atom. The van der Waals surface area contributed by atoms with Crippen molar-refractivity contribution in [1.82, 2.24) is 15.3 Å². The van der Waals surface area contributed by atoms with Gasteiger partial charge in [-0.25, -0.2) is 9.97 Å². The van der Waals surface area contributed by atoms with Gasteiger partial charge in [0.2, 0.25) is 5.95 Å². The largest absolute Gasteiger partial charge is 0.346 e. The smallest absolute Gasteiger partial charge is 0.270 e. The molecular weight excluding hydrogens is 358 g/mol. The van der Waals surface area contributed by atoms with Crippen LogP contribution in [-0.2, 0) is 6.54 Å². The molecule has 0 radical (unpaired) electrons. The Morgan fingerprint density at radius 3 is 2.73 bits per heavy atom. The minimum Gasteiger partial charge on any atom is -0.346 e. The van der Waals surface area contributed by atoms with Crippen molar-refractivity contribution >= 4 is 29.1 Å². The lowest BCUT2D eigenvalue weighted by Crippen LogP contribution is -2.31. The number of rotatable bonds is 5. The van der Waals surface area contributed by atoms with E-state index in [4.69, 9.17) is 11.6 Å². The van der Waals surface area contributed by atoms with Gasteiger partial charge < -0.3 is 10.2 Å². The number of nitro benzene ring substituents is 1. The van der Waals surface area contributed by atoms with Gasteiger partial charge in [-0.2, -0.15) is 0 Å². The molecule has 3 rings (SSSR count). The van der Waals surface area contributed by atoms with Crippen molar-refractivity contribution in [1.29, 1.82) is 0 Å². The van der Waals surface area contributed by atoms with E-state index in [1.807, 2.05) is 0 Å². The number of benzene rings is 1. The van der Waals surface area contributed by atoms with Crippen LogP contribution < -0.4 is 10.2 Å². The number of hydrogen-bond acceptors (Lipinski definition) is 6. The van der Waals surface area contributed by atoms with Gasteiger partial charge in [0.25, 0.3) is 11.6 Å². The first-order valence-corrected chi connectivity index (χ1v) is 8.71. The van der Waals surface area contributed by atoms with Crippen LogP contribution in [0.15, 0.2) is 30.5 Å². The van der Waals surface area contributed by atoms with E-state index in [2.05, 4.69) is 20.2 Å². The number of carbonyl (C=O) groups is 1. The quantitative estimate of drug-likeness (QED) is 0.636. The first-order chi connectivity index (χ1) is 12.5. The number of anilines is 1. The molecule has 0 bridgehead atoms. The van der Waals surface area contributed by atoms with Gasteiger partial charge in [-0.05, 0) is 31.4 Å². The molecule has 9 heteroatoms. The van der Waals surface area contributed by atoms with Gasteiger partial charge in [0.05, 0.1) is 27.7 Å². The van der Waals surface area contributed by atoms with Gasteiger partial charge in [-0.15, -0.1) is 0 Å². The Balaban J connectivity index is 1.65. The predicted molar refractivity (Wildman–Crippen MR) is 97.4 cm³/mol. The lowest BCUT2D eigenvalue weighted by atomic mass is 10.1. The van der Waals surface area contributed by atoms with Crippen LogP contribution in [0.25, 0.3) is 0 Å². The molecule has 0 atom stereocenters. The van der Waals surface area contributed by atoms with E-state index in [1.165, 1.54) is 18.6 Å². The van der Waals surface area contributed by atoms with Crippen LogP contribution in [-0.4, -0.2) is 33.9 Å². The SMILES string of the molecule is O=C(NCc1ccnc(N2CCCCC2)n1)c1ccc([N+](=O)[O-])cc1Cl. The average molecular weight is 376 g/mol. The topological polar surface area (TPSA) is 101 Å². The number of non-ortho nitro benzene ring substituents is 1. The zero-order valence-electron chi connectivity index (χ0n) is 14.0. The molecule has 1 saturated heterocycles. The highest BCUT2D eigenvalue weighted by atomic mass is 35.5. The number of aromatic nitrogens is 2. The van der Waals surface area contributed by atoms with Gasteiger partial charge in [0.1, 0.15) is 0 Å². The maximum Gasteiger partial charge on any atom is 0.270 e. The summed E-state index contributed by atoms with van der Waals surface area (Å²) in [6.45, 7) is 2.10. The molecule has 2 aromatic rings. The third-order valence-electron chi connectivity index (χ3n) is 4.18. The average Bonchev–Trinajstić information content (AvgIpc) is 2.67. The third-order valence-corrected chi connectivity index (χ3v) is 4.49. The number of amides is 1. The summed E-state index contributed by atoms with van der Waals surface area (Å²) >= 11 is 5.98. The molecule has 1 amide bonds. The van der Waals surface area contributed by atoms with E-state index in [9.17, 15) is 14.9 Å². The minimum atomic E-state index is -0.559. The molecule has 136 valence electrons. The number of nitrogens with zero attached hydrogens (tertiary/aromatic N) is 4. The Hall–Kier alpha value is -2.74. The lowest BCUT2D eigenvalue weighted by Gasteiger charge is -2.26. The standard InChI is InChI=1S/C17H18ClN5O3/c18-15-10-13(23(25)26)4-5-14(15)16(24)20-11-12-6-7-19-17(21-12)22-8-2-1-3-9-22/h4-7,10H,1-3,8-9,11H2,(H,20,24). The van der Waals surface area contributed by atoms with Crippen molar-refractivity contribution in [2.45, 2.75) is 25.8 Å². The number of halogens is 1. The molecule has 0 aliphatic carbocycles. The lowest BCUT2D eigenvalue weighted by molar-refractivity contribution is -0.384. The highest BCUT2D eigenvalue weighted by Crippen LogP contribution is 2.22. The molecule has 0 saturated carbocycles. The summed E-state index contributed by atoms with van der Waals surface area (Å²) in [5.74, 6) is 0.257. The molecule has 1 aromatic carbocycles. The molecule has 2 heterocycles. The molecule has 0 unspecified atom stereocenters. The summed E-state index contributed by atoms with van der Waals surface area (Å²) < 4.78 is 0. The van der Waals surface area contributed by atoms with Gasteiger partial charge >= 0.3 is 0 Å². The first kappa shape index (κ1) is 18.1. The molecular formula is C17H18ClN5O3. The molecule has 26 heavy (non-hydrogen) atoms. The third kappa shape index (κ3) is 4.26. The van der Waals surface area contributed by atoms with Crippen LogP contribution in [0.1, 0.15) is 35.3 Å². The van der Waals surface area contributed by atoms with E-state index in [0.29, 0.717) is 11.6 Å². The van der Waals surface area contributed by atoms with E-state index in [0.717, 1.165) is 32.0 Å². The zero-order chi connectivity index (χ0) is 18.5. The fourth-order valence-electron chi connectivity index (χ4n) is 2.80. The normalized spacial score (nSPS) is 14.1. The second-order valence-corrected chi connectivity index (χ2v) is 6.41. The Morgan fingerprint density at radius 2 is 2.04 bits per heavy atom. The van der Waals surface area contributed by atoms with Gasteiger partial charge in [0, 0.05) is 31.4 Å². The van der Waals surface area contributed by atoms with Crippen molar-refractivity contribution in [3.8, 4) is 0 Å². The molecule has 1 aliphatic heterocycles. The summed E-state index contributed by atoms with van der Waals surface area (Å²) in [7, 11) is 0. The van der Waals surface area contributed by atoms with Gasteiger partial charge in [-0.3, -0.25) is 14.9 Å². The second kappa shape index (κ2) is 8.09. The highest BCUT2D eigenvalue weighted by molar-refractivity contribution is 6.34. The highest BCUT2D eigenvalue weighted by Gasteiger charge is 2.16. The molecule has 1 N–H and O–H groups in total. The molecule has 8 nitrogen and oxygen atoms in total. The molecule has 0 spiro atoms. The summed E-state index contributed by atoms with van der Waals surface area (Å²) in [4.78, 5) is 33.4. The van der Waals surface area contributed by atoms with E-state index < -0.39 is 10.8 Å². The summed E-state index contributed by atoms with van der Waals surface area (Å²) in [6, 6.07) is 5.50. The summed E-state index contributed by atoms with van der Waals surface area (Å²) in [5, 5.41) is 13.5. The zero-order valence-corrected chi connectivity index (χ0v) is 14.8. The molecule has 1 fully saturated rings. The first-order valence-electron chi connectivity index (χ1n) is 8.33. The Kier molecular flexibility index (Phi) is 5.62. The Labute approximate surface area is 155 Å². The van der Waals surface area contributed by atoms with E-state index in [1.54, 1.807) is 12.3 Å². The fourth-order valence-corrected chi connectivity index (χ4v) is 3.06. The van der Waals surface area contributed by atoms with Crippen LogP contribution >= 0.6 is 11.6 Å². The van der Waals surface area contributed by atoms with Crippen LogP contribution in [0.5, 0.6) is 0 Å². The van der Waals surface area contributed by atoms with Crippen molar-refractivity contribution < 1.29 is 9.72 Å². The number of piperidine rings is 1. The van der Waals surface area contributed by atoms with Gasteiger partial charge in [0.15, 0.2) is 0 Å². The van der Waals surface area contributed by atoms with Crippen LogP contribution in [0.3, 0.4) is 0 Å². The van der Waals surface area contributed by atoms with Crippen molar-refractivity contribution in [2.24, 2.45) is 0 Å². The number of carbonyl (C=O) groups excluding carboxylic acids is 1. The monoisotopic (exact) mass is 375 g/mol. The van der Waals surface area contributed by atoms with Crippen molar-refractivity contribution in [3.05, 3.63) is 56.9 Å². The van der Waals surface area contributed by atoms with Crippen molar-refractivity contribution in [2.75, 3.05) is 18.0 Å². The van der Waals surface area contributed by atoms with Crippen molar-refractivity contribution in [3.63, 3.8) is 0 Å². The van der Waals surface area contributed by atoms with Gasteiger partial charge in [-0.1, -0.05) is 11.6 Å². The predicted octanol–water partition coefficient (Wildman–Crippen LogP) is 2.96. The van der Waals surface area contributed by atoms with E-state index in [-0.39, 0.29) is 22.8 Å². The van der Waals surface area contributed by atoms with E-state index >= 15 is 0 Å². The van der Waals surface area contributed by atoms with Crippen LogP contribution in [0.4, 0.5) is 11.6 Å². The fraction of sp³-hybridized carbons (Fsp3) is 0.353. The van der Waals surface area contributed by atoms with Crippen LogP contribution in [0, 0.1) is 10.1 Å². The maximum absolute atomic E-state index is 12.3. The second-order valence-electron chi connectivity index (χ2n) is 6.00. The number of hydrogen-bond donors (Lipinski definition) is 1.